The van der Waals surface area contributed by atoms with Crippen molar-refractivity contribution in [3.05, 3.63) is 58.1 Å². The highest BCUT2D eigenvalue weighted by molar-refractivity contribution is 7.99. The quantitative estimate of drug-likeness (QED) is 0.382. The molecule has 3 aromatic rings. The largest absolute Gasteiger partial charge is 0.325 e. The van der Waals surface area contributed by atoms with Gasteiger partial charge in [-0.15, -0.1) is 0 Å². The van der Waals surface area contributed by atoms with Crippen LogP contribution in [0.15, 0.2) is 47.6 Å². The van der Waals surface area contributed by atoms with Crippen molar-refractivity contribution in [2.75, 3.05) is 11.1 Å². The van der Waals surface area contributed by atoms with E-state index in [4.69, 9.17) is 0 Å². The Morgan fingerprint density at radius 1 is 1.30 bits per heavy atom. The lowest BCUT2D eigenvalue weighted by Crippen LogP contribution is -2.15. The number of amides is 1. The minimum Gasteiger partial charge on any atom is -0.325 e. The molecule has 1 heterocycles. The number of nitro benzene ring substituents is 1. The van der Waals surface area contributed by atoms with Crippen molar-refractivity contribution in [3.8, 4) is 0 Å². The van der Waals surface area contributed by atoms with E-state index in [2.05, 4.69) is 10.3 Å². The monoisotopic (exact) mass is 392 g/mol. The van der Waals surface area contributed by atoms with Crippen LogP contribution in [0, 0.1) is 17.0 Å². The number of hydrogen-bond donors (Lipinski definition) is 1. The molecule has 140 valence electrons. The summed E-state index contributed by atoms with van der Waals surface area (Å²) in [6.07, 6.45) is 0. The molecule has 7 nitrogen and oxygen atoms in total. The maximum atomic E-state index is 13.4. The number of halogens is 2. The van der Waals surface area contributed by atoms with Crippen LogP contribution in [-0.4, -0.2) is 26.1 Å². The minimum atomic E-state index is -2.79. The lowest BCUT2D eigenvalue weighted by molar-refractivity contribution is -0.385. The van der Waals surface area contributed by atoms with Gasteiger partial charge in [-0.25, -0.2) is 4.98 Å². The number of carbonyl (C=O) groups is 1. The van der Waals surface area contributed by atoms with Gasteiger partial charge < -0.3 is 5.32 Å². The lowest BCUT2D eigenvalue weighted by atomic mass is 10.1. The summed E-state index contributed by atoms with van der Waals surface area (Å²) >= 11 is 0.871. The topological polar surface area (TPSA) is 90.1 Å². The molecule has 1 N–H and O–H groups in total. The molecule has 0 saturated carbocycles. The molecule has 0 fully saturated rings. The van der Waals surface area contributed by atoms with Crippen LogP contribution in [0.3, 0.4) is 0 Å². The molecule has 0 aliphatic rings. The minimum absolute atomic E-state index is 0.0251. The fourth-order valence-electron chi connectivity index (χ4n) is 2.59. The van der Waals surface area contributed by atoms with Crippen LogP contribution >= 0.6 is 11.8 Å². The highest BCUT2D eigenvalue weighted by Crippen LogP contribution is 2.30. The zero-order valence-corrected chi connectivity index (χ0v) is 14.9. The number of benzene rings is 2. The zero-order valence-electron chi connectivity index (χ0n) is 14.1. The van der Waals surface area contributed by atoms with Gasteiger partial charge in [-0.1, -0.05) is 30.0 Å². The van der Waals surface area contributed by atoms with Crippen LogP contribution in [0.25, 0.3) is 11.0 Å². The fourth-order valence-corrected chi connectivity index (χ4v) is 3.40. The second-order valence-corrected chi connectivity index (χ2v) is 6.52. The predicted molar refractivity (Wildman–Crippen MR) is 98.2 cm³/mol. The van der Waals surface area contributed by atoms with E-state index >= 15 is 0 Å². The molecule has 0 unspecified atom stereocenters. The number of carbonyl (C=O) groups excluding carboxylic acids is 1. The number of imidazole rings is 1. The van der Waals surface area contributed by atoms with Crippen LogP contribution in [0.1, 0.15) is 12.1 Å². The van der Waals surface area contributed by atoms with Gasteiger partial charge in [-0.05, 0) is 25.1 Å². The molecule has 1 amide bonds. The van der Waals surface area contributed by atoms with Crippen molar-refractivity contribution < 1.29 is 18.5 Å². The molecular weight excluding hydrogens is 378 g/mol. The van der Waals surface area contributed by atoms with E-state index in [0.29, 0.717) is 16.8 Å². The molecule has 10 heteroatoms. The van der Waals surface area contributed by atoms with Crippen LogP contribution in [0.4, 0.5) is 20.2 Å². The normalized spacial score (nSPS) is 11.1. The van der Waals surface area contributed by atoms with E-state index in [-0.39, 0.29) is 22.1 Å². The number of aromatic nitrogens is 2. The first kappa shape index (κ1) is 18.8. The van der Waals surface area contributed by atoms with Gasteiger partial charge in [-0.2, -0.15) is 8.78 Å². The van der Waals surface area contributed by atoms with Crippen LogP contribution in [-0.2, 0) is 4.79 Å². The lowest BCUT2D eigenvalue weighted by Gasteiger charge is -2.09. The van der Waals surface area contributed by atoms with E-state index in [1.54, 1.807) is 24.3 Å². The van der Waals surface area contributed by atoms with E-state index in [1.807, 2.05) is 0 Å². The molecule has 0 radical (unpaired) electrons. The van der Waals surface area contributed by atoms with Crippen molar-refractivity contribution in [1.82, 2.24) is 9.55 Å². The number of thioether (sulfide) groups is 1. The van der Waals surface area contributed by atoms with Crippen molar-refractivity contribution in [3.63, 3.8) is 0 Å². The Morgan fingerprint density at radius 3 is 2.74 bits per heavy atom. The number of para-hydroxylation sites is 2. The first-order valence-corrected chi connectivity index (χ1v) is 8.79. The Morgan fingerprint density at radius 2 is 2.04 bits per heavy atom. The number of alkyl halides is 2. The maximum Gasteiger partial charge on any atom is 0.321 e. The Bertz CT molecular complexity index is 1020. The molecular formula is C17H14F2N4O3S. The summed E-state index contributed by atoms with van der Waals surface area (Å²) in [4.78, 5) is 26.8. The van der Waals surface area contributed by atoms with E-state index in [9.17, 15) is 23.7 Å². The Balaban J connectivity index is 1.75. The van der Waals surface area contributed by atoms with E-state index in [0.717, 1.165) is 16.3 Å². The first-order chi connectivity index (χ1) is 12.9. The molecule has 0 spiro atoms. The molecule has 0 aliphatic heterocycles. The third-order valence-corrected chi connectivity index (χ3v) is 4.82. The molecule has 0 atom stereocenters. The Kier molecular flexibility index (Phi) is 5.36. The summed E-state index contributed by atoms with van der Waals surface area (Å²) in [5, 5.41) is 13.6. The zero-order chi connectivity index (χ0) is 19.6. The van der Waals surface area contributed by atoms with Gasteiger partial charge >= 0.3 is 6.55 Å². The summed E-state index contributed by atoms with van der Waals surface area (Å²) in [5.74, 6) is -0.644. The number of nitro groups is 1. The van der Waals surface area contributed by atoms with Crippen LogP contribution in [0.2, 0.25) is 0 Å². The Labute approximate surface area is 156 Å². The number of hydrogen-bond acceptors (Lipinski definition) is 5. The predicted octanol–water partition coefficient (Wildman–Crippen LogP) is 4.38. The molecule has 1 aromatic heterocycles. The van der Waals surface area contributed by atoms with Crippen molar-refractivity contribution >= 4 is 40.1 Å². The summed E-state index contributed by atoms with van der Waals surface area (Å²) in [6, 6.07) is 10.8. The van der Waals surface area contributed by atoms with Crippen LogP contribution in [0.5, 0.6) is 0 Å². The van der Waals surface area contributed by atoms with Gasteiger partial charge in [0.2, 0.25) is 5.91 Å². The third kappa shape index (κ3) is 3.90. The summed E-state index contributed by atoms with van der Waals surface area (Å²) in [5.41, 5.74) is 1.21. The summed E-state index contributed by atoms with van der Waals surface area (Å²) in [7, 11) is 0. The average Bonchev–Trinajstić information content (AvgIpc) is 3.00. The molecule has 0 aliphatic carbocycles. The number of nitrogens with one attached hydrogen (secondary N) is 1. The summed E-state index contributed by atoms with van der Waals surface area (Å²) in [6.45, 7) is -1.26. The highest BCUT2D eigenvalue weighted by Gasteiger charge is 2.19. The van der Waals surface area contributed by atoms with Crippen molar-refractivity contribution in [2.45, 2.75) is 18.6 Å². The molecule has 0 saturated heterocycles. The number of nitrogens with zero attached hydrogens (tertiary/aromatic N) is 3. The number of rotatable bonds is 6. The second-order valence-electron chi connectivity index (χ2n) is 5.57. The highest BCUT2D eigenvalue weighted by atomic mass is 32.2. The molecule has 2 aromatic carbocycles. The number of fused-ring (bicyclic) bond motifs is 1. The molecule has 27 heavy (non-hydrogen) atoms. The van der Waals surface area contributed by atoms with Gasteiger partial charge in [0.15, 0.2) is 5.16 Å². The van der Waals surface area contributed by atoms with Gasteiger partial charge in [0.25, 0.3) is 5.69 Å². The van der Waals surface area contributed by atoms with Gasteiger partial charge in [0, 0.05) is 6.07 Å². The van der Waals surface area contributed by atoms with Crippen molar-refractivity contribution in [1.29, 1.82) is 0 Å². The van der Waals surface area contributed by atoms with E-state index in [1.165, 1.54) is 25.1 Å². The Hall–Kier alpha value is -3.01. The molecule has 0 bridgehead atoms. The third-order valence-electron chi connectivity index (χ3n) is 3.87. The molecule has 3 rings (SSSR count). The standard InChI is InChI=1S/C17H14F2N4O3S/c1-10-11(6-4-8-13(10)23(25)26)20-15(24)9-27-17-21-12-5-2-3-7-14(12)22(17)16(18)19/h2-8,16H,9H2,1H3,(H,20,24). The van der Waals surface area contributed by atoms with E-state index < -0.39 is 17.4 Å². The fraction of sp³-hybridized carbons (Fsp3) is 0.176. The van der Waals surface area contributed by atoms with Gasteiger partial charge in [0.1, 0.15) is 0 Å². The first-order valence-electron chi connectivity index (χ1n) is 7.80. The maximum absolute atomic E-state index is 13.4. The smallest absolute Gasteiger partial charge is 0.321 e. The van der Waals surface area contributed by atoms with Gasteiger partial charge in [0.05, 0.1) is 33.0 Å². The van der Waals surface area contributed by atoms with Crippen molar-refractivity contribution in [2.24, 2.45) is 0 Å². The SMILES string of the molecule is Cc1c(NC(=O)CSc2nc3ccccc3n2C(F)F)cccc1[N+](=O)[O-]. The summed E-state index contributed by atoms with van der Waals surface area (Å²) < 4.78 is 27.5. The second kappa shape index (κ2) is 7.70. The van der Waals surface area contributed by atoms with Gasteiger partial charge in [-0.3, -0.25) is 19.5 Å². The number of anilines is 1. The average molecular weight is 392 g/mol. The van der Waals surface area contributed by atoms with Crippen LogP contribution < -0.4 is 5.32 Å².